The zero-order valence-corrected chi connectivity index (χ0v) is 52.2. The van der Waals surface area contributed by atoms with Crippen LogP contribution in [0, 0.1) is 13.2 Å². The van der Waals surface area contributed by atoms with Gasteiger partial charge in [-0.25, -0.2) is 4.98 Å². The third kappa shape index (κ3) is 10.3. The SMILES string of the molecule is [2H]c1c([2H])c([2H])c(-c2cnc(-n3c4ccccc4c4ccc(Oc5cccc(-n6[c-][n+](-c7c(-c8c([2H])c([2H])c([2H])c([2H])c8[2H])cccc7[Si](c7c([2H])c([2H])c([2H])c([2H])c7[2H])(c7c([2H])c([2H])c([2H])c([2H])c7[2H])c7c([2H])c([2H])c([2H])c([2H])c7[2H])c7ccc(-c8c([2H])c([2H])c([2H])c([Si](c9c([2H])c([2H])c([2H])c([2H])c9[2H])(c9c([2H])c([2H])c([2H])c([2H])c9[2H])c9c([2H])c([2H])c([2H])c([2H])c9[2H])c8[2H])cc76)c5)cc43)cc2C([2H])([2H])[2H])c([2H])c1[2H]. The molecule has 0 spiro atoms. The third-order valence-electron chi connectivity index (χ3n) is 16.5. The molecule has 17 aromatic rings. The smallest absolute Gasteiger partial charge is 0.269 e. The second kappa shape index (κ2) is 25.5. The van der Waals surface area contributed by atoms with Gasteiger partial charge in [0.1, 0.15) is 17.3 Å². The van der Waals surface area contributed by atoms with Gasteiger partial charge in [0.15, 0.2) is 16.1 Å². The van der Waals surface area contributed by atoms with Gasteiger partial charge >= 0.3 is 0 Å². The van der Waals surface area contributed by atoms with Gasteiger partial charge in [0.25, 0.3) is 6.33 Å². The molecule has 0 amide bonds. The molecular weight excluding hydrogens is 1220 g/mol. The molecule has 0 saturated carbocycles. The normalized spacial score (nSPS) is 18.6. The first kappa shape index (κ1) is 27.8. The van der Waals surface area contributed by atoms with Gasteiger partial charge in [0.05, 0.1) is 93.8 Å². The summed E-state index contributed by atoms with van der Waals surface area (Å²) in [5, 5.41) is -7.87. The van der Waals surface area contributed by atoms with Gasteiger partial charge in [0, 0.05) is 32.7 Å². The standard InChI is InChI=1S/C91H66N4OSi2/c1-66-59-90(92-64-84(66)68-33-12-3-13-34-68)95-85-53-27-26-51-82(85)83-57-56-73(63-87(83)95)96-72-37-29-36-71(62-72)93-65-94(91-81(67-31-10-2-11-32-67)52-30-54-89(91)98(77-44-20-7-21-45-77,78-46-22-8-23-47-78)79-48-24-9-25-49-79)86-58-55-70(61-88(86)93)69-35-28-50-80(60-69)97(74-38-14-4-15-39-74,75-40-16-5-17-41-75)76-42-18-6-19-43-76/h2-64H,1H3/i1D3,2D,3D,4D,5D,6D,7D,8D,9D,10D,11D,12D,13D,14D,15D,16D,17D,18D,19D,20D,21D,22D,23D,24D,25D,28D,31D,32D,33D,34D,35D,38D,39D,40D,41D,42D,43D,44D,45D,46D,47D,48D,49D,50D,60D. The van der Waals surface area contributed by atoms with Crippen molar-refractivity contribution >= 4 is 90.5 Å². The molecule has 0 unspecified atom stereocenters. The van der Waals surface area contributed by atoms with Gasteiger partial charge in [-0.05, 0) is 130 Å². The second-order valence-electron chi connectivity index (χ2n) is 21.6. The Kier molecular flexibility index (Phi) is 7.23. The Hall–Kier alpha value is -12.3. The molecule has 0 aliphatic heterocycles. The molecule has 5 nitrogen and oxygen atoms in total. The lowest BCUT2D eigenvalue weighted by Gasteiger charge is -2.36. The summed E-state index contributed by atoms with van der Waals surface area (Å²) >= 11 is 0. The van der Waals surface area contributed by atoms with Gasteiger partial charge in [0.2, 0.25) is 0 Å². The fraction of sp³-hybridized carbons (Fsp3) is 0.0110. The summed E-state index contributed by atoms with van der Waals surface area (Å²) in [5.41, 5.74) is -5.24. The lowest BCUT2D eigenvalue weighted by Crippen LogP contribution is -2.76. The Bertz CT molecular complexity index is 8110. The highest BCUT2D eigenvalue weighted by atomic mass is 28.3. The highest BCUT2D eigenvalue weighted by Crippen LogP contribution is 2.38. The predicted molar refractivity (Wildman–Crippen MR) is 411 cm³/mol. The highest BCUT2D eigenvalue weighted by molar-refractivity contribution is 7.20. The molecule has 0 atom stereocenters. The molecular formula is C91H66N4OSi2. The summed E-state index contributed by atoms with van der Waals surface area (Å²) in [6.07, 6.45) is 4.26. The van der Waals surface area contributed by atoms with Crippen molar-refractivity contribution in [1.82, 2.24) is 14.1 Å². The number of pyridine rings is 1. The molecule has 7 heteroatoms. The number of nitrogens with zero attached hydrogens (tertiary/aromatic N) is 4. The maximum Gasteiger partial charge on any atom is 0.269 e. The number of ether oxygens (including phenoxy) is 1. The van der Waals surface area contributed by atoms with E-state index in [1.54, 1.807) is 34.9 Å². The van der Waals surface area contributed by atoms with E-state index >= 15 is 0 Å². The van der Waals surface area contributed by atoms with E-state index in [2.05, 4.69) is 11.3 Å². The van der Waals surface area contributed by atoms with Crippen molar-refractivity contribution < 1.29 is 73.7 Å². The number of hydrogen-bond donors (Lipinski definition) is 0. The predicted octanol–water partition coefficient (Wildman–Crippen LogP) is 16.1. The lowest BCUT2D eigenvalue weighted by molar-refractivity contribution is -0.570. The molecule has 3 heterocycles. The zero-order chi connectivity index (χ0) is 106. The number of imidazole rings is 1. The van der Waals surface area contributed by atoms with Crippen LogP contribution in [0.1, 0.15) is 70.0 Å². The first-order valence-electron chi connectivity index (χ1n) is 53.1. The van der Waals surface area contributed by atoms with Gasteiger partial charge in [-0.1, -0.05) is 320 Å². The minimum absolute atomic E-state index is 0.0214. The van der Waals surface area contributed by atoms with Crippen LogP contribution in [0.3, 0.4) is 0 Å². The van der Waals surface area contributed by atoms with Crippen molar-refractivity contribution in [1.29, 1.82) is 0 Å². The molecule has 0 saturated heterocycles. The molecule has 17 rings (SSSR count). The summed E-state index contributed by atoms with van der Waals surface area (Å²) in [7, 11) is -13.2. The molecule has 3 aromatic heterocycles. The van der Waals surface area contributed by atoms with Crippen molar-refractivity contribution in [2.24, 2.45) is 0 Å². The van der Waals surface area contributed by atoms with Crippen LogP contribution in [-0.2, 0) is 0 Å². The Balaban J connectivity index is 1.05. The van der Waals surface area contributed by atoms with E-state index in [1.807, 2.05) is 0 Å². The largest absolute Gasteiger partial charge is 0.458 e. The Morgan fingerprint density at radius 2 is 0.908 bits per heavy atom. The van der Waals surface area contributed by atoms with Crippen LogP contribution < -0.4 is 50.8 Å². The van der Waals surface area contributed by atoms with E-state index in [0.29, 0.717) is 16.3 Å². The molecule has 0 aliphatic carbocycles. The van der Waals surface area contributed by atoms with Gasteiger partial charge in [-0.3, -0.25) is 13.7 Å². The average Bonchev–Trinajstić information content (AvgIpc) is 1.18. The molecule has 98 heavy (non-hydrogen) atoms. The van der Waals surface area contributed by atoms with Crippen LogP contribution in [0.15, 0.2) is 381 Å². The van der Waals surface area contributed by atoms with Crippen molar-refractivity contribution in [3.8, 4) is 62.1 Å². The molecule has 0 radical (unpaired) electrons. The minimum atomic E-state index is -6.63. The Labute approximate surface area is 639 Å². The summed E-state index contributed by atoms with van der Waals surface area (Å²) in [4.78, 5) is 4.68. The number of hydrogen-bond acceptors (Lipinski definition) is 2. The van der Waals surface area contributed by atoms with Gasteiger partial charge in [-0.15, -0.1) is 0 Å². The topological polar surface area (TPSA) is 35.9 Å². The summed E-state index contributed by atoms with van der Waals surface area (Å²) < 4.78 is 455. The Morgan fingerprint density at radius 3 is 1.50 bits per heavy atom. The van der Waals surface area contributed by atoms with Crippen molar-refractivity contribution in [3.63, 3.8) is 0 Å². The molecule has 0 bridgehead atoms. The number of aryl methyl sites for hydroxylation is 1. The fourth-order valence-electron chi connectivity index (χ4n) is 12.4. The highest BCUT2D eigenvalue weighted by Gasteiger charge is 2.45. The van der Waals surface area contributed by atoms with E-state index in [4.69, 9.17) is 25.3 Å². The zero-order valence-electron chi connectivity index (χ0n) is 97.2. The second-order valence-corrected chi connectivity index (χ2v) is 28.7. The van der Waals surface area contributed by atoms with Crippen LogP contribution >= 0.6 is 0 Å². The molecule has 464 valence electrons. The number of fused-ring (bicyclic) bond motifs is 4. The summed E-state index contributed by atoms with van der Waals surface area (Å²) in [6, 6.07) is -27.1. The quantitative estimate of drug-likeness (QED) is 0.0418. The van der Waals surface area contributed by atoms with E-state index < -0.39 is 380 Å². The summed E-state index contributed by atoms with van der Waals surface area (Å²) in [5.74, 6) is -0.239. The monoisotopic (exact) mass is 1330 g/mol. The van der Waals surface area contributed by atoms with Gasteiger partial charge < -0.3 is 4.74 Å². The summed E-state index contributed by atoms with van der Waals surface area (Å²) in [6.45, 7) is -3.05. The third-order valence-corrected chi connectivity index (χ3v) is 24.7. The molecule has 0 aliphatic rings. The van der Waals surface area contributed by atoms with E-state index in [0.717, 1.165) is 51.7 Å². The minimum Gasteiger partial charge on any atom is -0.458 e. The van der Waals surface area contributed by atoms with Crippen molar-refractivity contribution in [2.75, 3.05) is 0 Å². The van der Waals surface area contributed by atoms with E-state index in [9.17, 15) is 43.9 Å². The first-order chi connectivity index (χ1) is 68.0. The van der Waals surface area contributed by atoms with Crippen molar-refractivity contribution in [3.05, 3.63) is 393 Å². The van der Waals surface area contributed by atoms with Crippen LogP contribution in [0.5, 0.6) is 11.5 Å². The molecule has 14 aromatic carbocycles. The fourth-order valence-corrected chi connectivity index (χ4v) is 19.9. The van der Waals surface area contributed by atoms with Gasteiger partial charge in [-0.2, -0.15) is 0 Å². The van der Waals surface area contributed by atoms with Crippen molar-refractivity contribution in [2.45, 2.75) is 6.85 Å². The molecule has 0 fully saturated rings. The maximum absolute atomic E-state index is 11.0. The van der Waals surface area contributed by atoms with Crippen LogP contribution in [0.25, 0.3) is 83.4 Å². The average molecular weight is 1340 g/mol. The lowest BCUT2D eigenvalue weighted by atomic mass is 10.0. The van der Waals surface area contributed by atoms with Crippen LogP contribution in [0.4, 0.5) is 0 Å². The number of para-hydroxylation sites is 2. The van der Waals surface area contributed by atoms with Crippen LogP contribution in [0.2, 0.25) is 0 Å². The number of benzene rings is 14. The molecule has 0 N–H and O–H groups in total. The maximum atomic E-state index is 11.0. The first-order valence-corrected chi connectivity index (χ1v) is 33.6. The van der Waals surface area contributed by atoms with E-state index in [-0.39, 0.29) is 34.1 Å². The Morgan fingerprint density at radius 1 is 0.398 bits per heavy atom. The number of rotatable bonds is 16. The number of aromatic nitrogens is 4. The van der Waals surface area contributed by atoms with Crippen LogP contribution in [-0.4, -0.2) is 30.3 Å². The van der Waals surface area contributed by atoms with E-state index in [1.165, 1.54) is 42.5 Å².